The van der Waals surface area contributed by atoms with E-state index in [0.717, 1.165) is 17.5 Å². The molecule has 1 aliphatic rings. The van der Waals surface area contributed by atoms with Crippen LogP contribution in [0.5, 0.6) is 0 Å². The minimum atomic E-state index is -4.37. The second kappa shape index (κ2) is 5.21. The third kappa shape index (κ3) is 3.40. The maximum atomic E-state index is 12.4. The molecule has 0 atom stereocenters. The van der Waals surface area contributed by atoms with Crippen LogP contribution in [0.25, 0.3) is 0 Å². The van der Waals surface area contributed by atoms with E-state index in [9.17, 15) is 13.2 Å². The van der Waals surface area contributed by atoms with Crippen molar-refractivity contribution in [1.29, 1.82) is 0 Å². The predicted octanol–water partition coefficient (Wildman–Crippen LogP) is 3.26. The Hall–Kier alpha value is -1.34. The van der Waals surface area contributed by atoms with E-state index in [0.29, 0.717) is 12.6 Å². The fourth-order valence-electron chi connectivity index (χ4n) is 1.90. The molecule has 0 spiro atoms. The smallest absolute Gasteiger partial charge is 0.309 e. The summed E-state index contributed by atoms with van der Waals surface area (Å²) in [5.74, 6) is 0. The van der Waals surface area contributed by atoms with Crippen LogP contribution in [-0.2, 0) is 19.3 Å². The van der Waals surface area contributed by atoms with Crippen LogP contribution in [0, 0.1) is 0 Å². The summed E-state index contributed by atoms with van der Waals surface area (Å²) in [5, 5.41) is 6.97. The second-order valence-corrected chi connectivity index (χ2v) is 6.17. The summed E-state index contributed by atoms with van der Waals surface area (Å²) >= 11 is 1.61. The van der Waals surface area contributed by atoms with Gasteiger partial charge in [0.15, 0.2) is 5.69 Å². The van der Waals surface area contributed by atoms with Crippen LogP contribution >= 0.6 is 11.3 Å². The van der Waals surface area contributed by atoms with E-state index in [2.05, 4.69) is 10.4 Å². The van der Waals surface area contributed by atoms with Crippen LogP contribution in [-0.4, -0.2) is 15.8 Å². The minimum Gasteiger partial charge on any atom is -0.309 e. The monoisotopic (exact) mass is 301 g/mol. The average Bonchev–Trinajstić information content (AvgIpc) is 2.89. The predicted molar refractivity (Wildman–Crippen MR) is 70.5 cm³/mol. The summed E-state index contributed by atoms with van der Waals surface area (Å²) in [7, 11) is 0. The van der Waals surface area contributed by atoms with Gasteiger partial charge in [-0.25, -0.2) is 0 Å². The van der Waals surface area contributed by atoms with Gasteiger partial charge in [-0.05, 0) is 31.0 Å². The Morgan fingerprint density at radius 2 is 2.00 bits per heavy atom. The zero-order chi connectivity index (χ0) is 14.2. The first-order valence-electron chi connectivity index (χ1n) is 6.42. The molecule has 0 amide bonds. The average molecular weight is 301 g/mol. The van der Waals surface area contributed by atoms with Gasteiger partial charge >= 0.3 is 6.18 Å². The van der Waals surface area contributed by atoms with Gasteiger partial charge in [-0.3, -0.25) is 4.68 Å². The van der Waals surface area contributed by atoms with Crippen molar-refractivity contribution in [2.24, 2.45) is 0 Å². The van der Waals surface area contributed by atoms with Gasteiger partial charge in [-0.2, -0.15) is 18.3 Å². The van der Waals surface area contributed by atoms with Crippen molar-refractivity contribution in [3.63, 3.8) is 0 Å². The Morgan fingerprint density at radius 3 is 2.65 bits per heavy atom. The molecule has 2 aromatic rings. The van der Waals surface area contributed by atoms with Crippen molar-refractivity contribution in [3.8, 4) is 0 Å². The normalized spacial score (nSPS) is 15.8. The van der Waals surface area contributed by atoms with Gasteiger partial charge < -0.3 is 5.32 Å². The number of thiophene rings is 1. The Kier molecular flexibility index (Phi) is 3.55. The molecule has 0 aromatic carbocycles. The van der Waals surface area contributed by atoms with E-state index in [4.69, 9.17) is 0 Å². The molecule has 0 radical (unpaired) electrons. The summed E-state index contributed by atoms with van der Waals surface area (Å²) in [5.41, 5.74) is -0.843. The maximum Gasteiger partial charge on any atom is 0.435 e. The van der Waals surface area contributed by atoms with E-state index < -0.39 is 11.9 Å². The molecule has 1 fully saturated rings. The number of alkyl halides is 3. The molecule has 0 aliphatic heterocycles. The highest BCUT2D eigenvalue weighted by atomic mass is 32.1. The van der Waals surface area contributed by atoms with Crippen LogP contribution in [0.15, 0.2) is 24.4 Å². The van der Waals surface area contributed by atoms with Crippen molar-refractivity contribution in [3.05, 3.63) is 39.8 Å². The Bertz CT molecular complexity index is 584. The van der Waals surface area contributed by atoms with Crippen LogP contribution in [0.3, 0.4) is 0 Å². The summed E-state index contributed by atoms with van der Waals surface area (Å²) in [6.07, 6.45) is -0.526. The van der Waals surface area contributed by atoms with Crippen molar-refractivity contribution in [2.75, 3.05) is 0 Å². The zero-order valence-electron chi connectivity index (χ0n) is 10.7. The van der Waals surface area contributed by atoms with Crippen molar-refractivity contribution in [2.45, 2.75) is 38.1 Å². The summed E-state index contributed by atoms with van der Waals surface area (Å²) < 4.78 is 38.7. The van der Waals surface area contributed by atoms with Crippen LogP contribution in [0.4, 0.5) is 13.2 Å². The minimum absolute atomic E-state index is 0.379. The van der Waals surface area contributed by atoms with E-state index in [1.807, 2.05) is 12.1 Å². The largest absolute Gasteiger partial charge is 0.435 e. The molecule has 0 unspecified atom stereocenters. The zero-order valence-corrected chi connectivity index (χ0v) is 11.5. The van der Waals surface area contributed by atoms with Gasteiger partial charge in [0.25, 0.3) is 0 Å². The van der Waals surface area contributed by atoms with Gasteiger partial charge in [0.1, 0.15) is 0 Å². The topological polar surface area (TPSA) is 29.9 Å². The maximum absolute atomic E-state index is 12.4. The molecule has 3 rings (SSSR count). The highest BCUT2D eigenvalue weighted by Gasteiger charge is 2.33. The molecule has 1 N–H and O–H groups in total. The molecular formula is C13H14F3N3S. The van der Waals surface area contributed by atoms with Crippen molar-refractivity contribution < 1.29 is 13.2 Å². The van der Waals surface area contributed by atoms with Crippen LogP contribution < -0.4 is 5.32 Å². The first-order chi connectivity index (χ1) is 9.50. The highest BCUT2D eigenvalue weighted by molar-refractivity contribution is 7.11. The lowest BCUT2D eigenvalue weighted by atomic mass is 10.4. The van der Waals surface area contributed by atoms with Gasteiger partial charge in [-0.1, -0.05) is 0 Å². The van der Waals surface area contributed by atoms with Gasteiger partial charge in [-0.15, -0.1) is 11.3 Å². The van der Waals surface area contributed by atoms with Gasteiger partial charge in [0, 0.05) is 28.5 Å². The van der Waals surface area contributed by atoms with Gasteiger partial charge in [0.2, 0.25) is 0 Å². The van der Waals surface area contributed by atoms with E-state index >= 15 is 0 Å². The quantitative estimate of drug-likeness (QED) is 0.918. The number of rotatable bonds is 5. The number of hydrogen-bond donors (Lipinski definition) is 1. The number of halogens is 3. The number of aromatic nitrogens is 2. The third-order valence-corrected chi connectivity index (χ3v) is 4.18. The SMILES string of the molecule is FC(F)(F)c1ccn(Cc2ccc(CNC3CC3)s2)n1. The number of hydrogen-bond acceptors (Lipinski definition) is 3. The molecule has 2 aromatic heterocycles. The molecule has 108 valence electrons. The van der Waals surface area contributed by atoms with E-state index in [-0.39, 0.29) is 0 Å². The molecule has 2 heterocycles. The molecule has 0 bridgehead atoms. The lowest BCUT2D eigenvalue weighted by molar-refractivity contribution is -0.141. The Morgan fingerprint density at radius 1 is 1.25 bits per heavy atom. The third-order valence-electron chi connectivity index (χ3n) is 3.11. The lowest BCUT2D eigenvalue weighted by Gasteiger charge is -2.02. The van der Waals surface area contributed by atoms with E-state index in [1.54, 1.807) is 11.3 Å². The van der Waals surface area contributed by atoms with Crippen LogP contribution in [0.2, 0.25) is 0 Å². The summed E-state index contributed by atoms with van der Waals surface area (Å²) in [4.78, 5) is 2.21. The molecular weight excluding hydrogens is 287 g/mol. The highest BCUT2D eigenvalue weighted by Crippen LogP contribution is 2.27. The van der Waals surface area contributed by atoms with E-state index in [1.165, 1.54) is 28.6 Å². The fraction of sp³-hybridized carbons (Fsp3) is 0.462. The Balaban J connectivity index is 1.60. The first kappa shape index (κ1) is 13.6. The summed E-state index contributed by atoms with van der Waals surface area (Å²) in [6.45, 7) is 1.21. The lowest BCUT2D eigenvalue weighted by Crippen LogP contribution is -2.14. The standard InChI is InChI=1S/C13H14F3N3S/c14-13(15,16)12-5-6-19(18-12)8-11-4-3-10(20-11)7-17-9-1-2-9/h3-6,9,17H,1-2,7-8H2. The molecule has 0 saturated heterocycles. The van der Waals surface area contributed by atoms with Crippen LogP contribution in [0.1, 0.15) is 28.3 Å². The second-order valence-electron chi connectivity index (χ2n) is 4.92. The summed E-state index contributed by atoms with van der Waals surface area (Å²) in [6, 6.07) is 5.62. The molecule has 20 heavy (non-hydrogen) atoms. The Labute approximate surface area is 118 Å². The first-order valence-corrected chi connectivity index (χ1v) is 7.24. The molecule has 1 saturated carbocycles. The van der Waals surface area contributed by atoms with Crippen molar-refractivity contribution in [1.82, 2.24) is 15.1 Å². The van der Waals surface area contributed by atoms with Gasteiger partial charge in [0.05, 0.1) is 6.54 Å². The molecule has 3 nitrogen and oxygen atoms in total. The molecule has 1 aliphatic carbocycles. The van der Waals surface area contributed by atoms with Crippen molar-refractivity contribution >= 4 is 11.3 Å². The fourth-order valence-corrected chi connectivity index (χ4v) is 2.86. The number of nitrogens with zero attached hydrogens (tertiary/aromatic N) is 2. The number of nitrogens with one attached hydrogen (secondary N) is 1. The molecule has 7 heteroatoms.